The molecular weight excluding hydrogens is 304 g/mol. The molecule has 0 saturated carbocycles. The average Bonchev–Trinajstić information content (AvgIpc) is 2.83. The third-order valence-electron chi connectivity index (χ3n) is 4.76. The van der Waals surface area contributed by atoms with Crippen molar-refractivity contribution in [3.63, 3.8) is 0 Å². The van der Waals surface area contributed by atoms with E-state index in [-0.39, 0.29) is 29.8 Å². The van der Waals surface area contributed by atoms with Gasteiger partial charge in [0.1, 0.15) is 11.9 Å². The molecule has 0 aromatic heterocycles. The number of rotatable bonds is 1. The van der Waals surface area contributed by atoms with Crippen LogP contribution in [0.25, 0.3) is 0 Å². The Balaban J connectivity index is 2.35. The molecular formula is C20H26O4. The fraction of sp³-hybridized carbons (Fsp3) is 0.550. The van der Waals surface area contributed by atoms with Crippen LogP contribution >= 0.6 is 0 Å². The maximum absolute atomic E-state index is 12.5. The molecule has 0 amide bonds. The van der Waals surface area contributed by atoms with Crippen molar-refractivity contribution in [3.8, 4) is 0 Å². The van der Waals surface area contributed by atoms with Crippen molar-refractivity contribution in [3.05, 3.63) is 34.9 Å². The summed E-state index contributed by atoms with van der Waals surface area (Å²) in [6.45, 7) is 7.77. The molecule has 2 bridgehead atoms. The number of allylic oxidation sites excluding steroid dienone is 4. The van der Waals surface area contributed by atoms with E-state index in [9.17, 15) is 14.4 Å². The SMILES string of the molecule is C/C1=C/C/C=C(/C)C(=O)C[C@H](C(C)C)[C@H]2C=C(CC(=O)C1)C(=O)O2. The lowest BCUT2D eigenvalue weighted by molar-refractivity contribution is -0.143. The Labute approximate surface area is 143 Å². The molecule has 0 aromatic rings. The molecule has 130 valence electrons. The molecule has 0 N–H and O–H groups in total. The van der Waals surface area contributed by atoms with Crippen molar-refractivity contribution in [2.45, 2.75) is 59.5 Å². The summed E-state index contributed by atoms with van der Waals surface area (Å²) >= 11 is 0. The molecule has 1 heterocycles. The molecule has 0 unspecified atom stereocenters. The molecule has 0 radical (unpaired) electrons. The van der Waals surface area contributed by atoms with Crippen molar-refractivity contribution < 1.29 is 19.1 Å². The van der Waals surface area contributed by atoms with Crippen LogP contribution in [-0.2, 0) is 19.1 Å². The molecule has 0 fully saturated rings. The second-order valence-corrected chi connectivity index (χ2v) is 7.16. The fourth-order valence-corrected chi connectivity index (χ4v) is 3.16. The van der Waals surface area contributed by atoms with Gasteiger partial charge >= 0.3 is 5.97 Å². The van der Waals surface area contributed by atoms with Crippen molar-refractivity contribution in [1.82, 2.24) is 0 Å². The summed E-state index contributed by atoms with van der Waals surface area (Å²) in [5, 5.41) is 0. The first-order valence-corrected chi connectivity index (χ1v) is 8.57. The van der Waals surface area contributed by atoms with Crippen LogP contribution in [0, 0.1) is 11.8 Å². The number of ether oxygens (including phenoxy) is 1. The minimum atomic E-state index is -0.421. The van der Waals surface area contributed by atoms with Crippen molar-refractivity contribution >= 4 is 17.5 Å². The molecule has 1 aliphatic carbocycles. The first kappa shape index (κ1) is 18.4. The summed E-state index contributed by atoms with van der Waals surface area (Å²) in [6.07, 6.45) is 6.62. The number of ketones is 2. The molecule has 2 atom stereocenters. The van der Waals surface area contributed by atoms with E-state index in [1.165, 1.54) is 0 Å². The van der Waals surface area contributed by atoms with Gasteiger partial charge in [0.05, 0.1) is 0 Å². The van der Waals surface area contributed by atoms with Crippen LogP contribution in [0.2, 0.25) is 0 Å². The van der Waals surface area contributed by atoms with E-state index in [1.807, 2.05) is 39.8 Å². The Bertz CT molecular complexity index is 634. The van der Waals surface area contributed by atoms with E-state index in [0.717, 1.165) is 11.1 Å². The van der Waals surface area contributed by atoms with Gasteiger partial charge in [-0.1, -0.05) is 31.6 Å². The largest absolute Gasteiger partial charge is 0.454 e. The number of hydrogen-bond acceptors (Lipinski definition) is 4. The van der Waals surface area contributed by atoms with Gasteiger partial charge in [-0.3, -0.25) is 9.59 Å². The highest BCUT2D eigenvalue weighted by molar-refractivity contribution is 5.98. The van der Waals surface area contributed by atoms with Crippen LogP contribution in [0.3, 0.4) is 0 Å². The molecule has 4 nitrogen and oxygen atoms in total. The highest BCUT2D eigenvalue weighted by atomic mass is 16.5. The zero-order chi connectivity index (χ0) is 17.9. The highest BCUT2D eigenvalue weighted by Crippen LogP contribution is 2.31. The van der Waals surface area contributed by atoms with Gasteiger partial charge in [0, 0.05) is 30.8 Å². The summed E-state index contributed by atoms with van der Waals surface area (Å²) in [6, 6.07) is 0. The van der Waals surface area contributed by atoms with Crippen LogP contribution in [0.5, 0.6) is 0 Å². The first-order valence-electron chi connectivity index (χ1n) is 8.57. The van der Waals surface area contributed by atoms with E-state index in [1.54, 1.807) is 6.08 Å². The van der Waals surface area contributed by atoms with Gasteiger partial charge in [0.25, 0.3) is 0 Å². The number of esters is 1. The predicted octanol–water partition coefficient (Wildman–Crippen LogP) is 3.72. The fourth-order valence-electron chi connectivity index (χ4n) is 3.16. The van der Waals surface area contributed by atoms with Crippen LogP contribution < -0.4 is 0 Å². The molecule has 24 heavy (non-hydrogen) atoms. The Morgan fingerprint density at radius 2 is 1.79 bits per heavy atom. The van der Waals surface area contributed by atoms with Crippen molar-refractivity contribution in [1.29, 1.82) is 0 Å². The molecule has 0 spiro atoms. The first-order chi connectivity index (χ1) is 11.3. The Hall–Kier alpha value is -1.97. The van der Waals surface area contributed by atoms with Crippen LogP contribution in [0.15, 0.2) is 34.9 Å². The monoisotopic (exact) mass is 330 g/mol. The van der Waals surface area contributed by atoms with Gasteiger partial charge < -0.3 is 4.74 Å². The van der Waals surface area contributed by atoms with E-state index in [0.29, 0.717) is 24.8 Å². The lowest BCUT2D eigenvalue weighted by Gasteiger charge is -2.24. The van der Waals surface area contributed by atoms with Crippen molar-refractivity contribution in [2.75, 3.05) is 0 Å². The summed E-state index contributed by atoms with van der Waals surface area (Å²) in [5.41, 5.74) is 2.11. The normalized spacial score (nSPS) is 30.9. The van der Waals surface area contributed by atoms with E-state index < -0.39 is 12.1 Å². The average molecular weight is 330 g/mol. The maximum Gasteiger partial charge on any atom is 0.334 e. The smallest absolute Gasteiger partial charge is 0.334 e. The number of fused-ring (bicyclic) bond motifs is 1. The van der Waals surface area contributed by atoms with Crippen LogP contribution in [0.1, 0.15) is 53.4 Å². The third kappa shape index (κ3) is 4.53. The lowest BCUT2D eigenvalue weighted by atomic mass is 9.84. The van der Waals surface area contributed by atoms with Gasteiger partial charge in [-0.25, -0.2) is 4.79 Å². The second kappa shape index (κ2) is 7.73. The topological polar surface area (TPSA) is 60.4 Å². The lowest BCUT2D eigenvalue weighted by Crippen LogP contribution is -2.28. The summed E-state index contributed by atoms with van der Waals surface area (Å²) in [5.74, 6) is -0.193. The molecule has 4 heteroatoms. The minimum absolute atomic E-state index is 0.0162. The quantitative estimate of drug-likeness (QED) is 0.543. The molecule has 2 rings (SSSR count). The second-order valence-electron chi connectivity index (χ2n) is 7.16. The number of carbonyl (C=O) groups is 3. The van der Waals surface area contributed by atoms with Gasteiger partial charge in [-0.15, -0.1) is 0 Å². The third-order valence-corrected chi connectivity index (χ3v) is 4.76. The van der Waals surface area contributed by atoms with Crippen LogP contribution in [0.4, 0.5) is 0 Å². The zero-order valence-electron chi connectivity index (χ0n) is 14.9. The van der Waals surface area contributed by atoms with Crippen molar-refractivity contribution in [2.24, 2.45) is 11.8 Å². The summed E-state index contributed by atoms with van der Waals surface area (Å²) in [7, 11) is 0. The van der Waals surface area contributed by atoms with Gasteiger partial charge in [-0.05, 0) is 37.8 Å². The Morgan fingerprint density at radius 3 is 2.46 bits per heavy atom. The number of carbonyl (C=O) groups excluding carboxylic acids is 3. The minimum Gasteiger partial charge on any atom is -0.454 e. The maximum atomic E-state index is 12.5. The molecule has 2 aliphatic rings. The molecule has 1 aliphatic heterocycles. The van der Waals surface area contributed by atoms with E-state index in [2.05, 4.69) is 0 Å². The predicted molar refractivity (Wildman–Crippen MR) is 92.3 cm³/mol. The molecule has 0 saturated heterocycles. The summed E-state index contributed by atoms with van der Waals surface area (Å²) < 4.78 is 5.46. The standard InChI is InChI=1S/C20H26O4/c1-12(2)17-11-18(22)14(4)7-5-6-13(3)8-16(21)9-15-10-19(17)24-20(15)23/h6-7,10,12,17,19H,5,8-9,11H2,1-4H3/b13-6-,14-7-/t17-,19-/m1/s1. The highest BCUT2D eigenvalue weighted by Gasteiger charge is 2.35. The zero-order valence-corrected chi connectivity index (χ0v) is 14.9. The Kier molecular flexibility index (Phi) is 5.92. The van der Waals surface area contributed by atoms with Gasteiger partial charge in [0.15, 0.2) is 5.78 Å². The molecule has 0 aromatic carbocycles. The Morgan fingerprint density at radius 1 is 1.08 bits per heavy atom. The number of hydrogen-bond donors (Lipinski definition) is 0. The van der Waals surface area contributed by atoms with Gasteiger partial charge in [0.2, 0.25) is 0 Å². The van der Waals surface area contributed by atoms with E-state index in [4.69, 9.17) is 4.74 Å². The van der Waals surface area contributed by atoms with Gasteiger partial charge in [-0.2, -0.15) is 0 Å². The number of Topliss-reactive ketones (excluding diaryl/α,β-unsaturated/α-hetero) is 2. The van der Waals surface area contributed by atoms with Crippen LogP contribution in [-0.4, -0.2) is 23.6 Å². The summed E-state index contributed by atoms with van der Waals surface area (Å²) in [4.78, 5) is 36.7. The van der Waals surface area contributed by atoms with E-state index >= 15 is 0 Å².